The highest BCUT2D eigenvalue weighted by Crippen LogP contribution is 2.24. The van der Waals surface area contributed by atoms with E-state index in [4.69, 9.17) is 27.9 Å². The lowest BCUT2D eigenvalue weighted by Gasteiger charge is -2.30. The highest BCUT2D eigenvalue weighted by molar-refractivity contribution is 6.35. The third-order valence-corrected chi connectivity index (χ3v) is 5.81. The first-order chi connectivity index (χ1) is 14.6. The number of hydrogen-bond donors (Lipinski definition) is 1. The molecular formula is C24H30Cl2N2O3. The van der Waals surface area contributed by atoms with Crippen molar-refractivity contribution in [3.05, 3.63) is 63.1 Å². The van der Waals surface area contributed by atoms with E-state index in [1.165, 1.54) is 4.90 Å². The van der Waals surface area contributed by atoms with Gasteiger partial charge < -0.3 is 15.0 Å². The summed E-state index contributed by atoms with van der Waals surface area (Å²) >= 11 is 12.3. The first kappa shape index (κ1) is 25.0. The summed E-state index contributed by atoms with van der Waals surface area (Å²) in [5.41, 5.74) is 2.68. The van der Waals surface area contributed by atoms with Gasteiger partial charge in [-0.2, -0.15) is 0 Å². The van der Waals surface area contributed by atoms with E-state index in [0.29, 0.717) is 21.4 Å². The molecule has 168 valence electrons. The average molecular weight is 465 g/mol. The van der Waals surface area contributed by atoms with Crippen molar-refractivity contribution in [1.82, 2.24) is 10.2 Å². The molecule has 0 fully saturated rings. The number of halogens is 2. The summed E-state index contributed by atoms with van der Waals surface area (Å²) < 4.78 is 5.80. The second-order valence-corrected chi connectivity index (χ2v) is 8.65. The first-order valence-corrected chi connectivity index (χ1v) is 11.1. The SMILES string of the molecule is CC[C@H](C)NC(=O)[C@H](C)N(Cc1ccc(Cl)cc1Cl)C(=O)COc1cc(C)ccc1C. The maximum Gasteiger partial charge on any atom is 0.261 e. The fraction of sp³-hybridized carbons (Fsp3) is 0.417. The van der Waals surface area contributed by atoms with Crippen LogP contribution in [0.15, 0.2) is 36.4 Å². The minimum Gasteiger partial charge on any atom is -0.483 e. The van der Waals surface area contributed by atoms with Gasteiger partial charge in [0, 0.05) is 22.6 Å². The van der Waals surface area contributed by atoms with Gasteiger partial charge in [0.15, 0.2) is 6.61 Å². The largest absolute Gasteiger partial charge is 0.483 e. The molecule has 0 unspecified atom stereocenters. The number of rotatable bonds is 9. The summed E-state index contributed by atoms with van der Waals surface area (Å²) in [7, 11) is 0. The highest BCUT2D eigenvalue weighted by Gasteiger charge is 2.27. The van der Waals surface area contributed by atoms with Crippen LogP contribution in [0.3, 0.4) is 0 Å². The van der Waals surface area contributed by atoms with Crippen LogP contribution >= 0.6 is 23.2 Å². The zero-order chi connectivity index (χ0) is 23.1. The van der Waals surface area contributed by atoms with Gasteiger partial charge in [0.1, 0.15) is 11.8 Å². The molecule has 0 aliphatic carbocycles. The van der Waals surface area contributed by atoms with Gasteiger partial charge in [-0.3, -0.25) is 9.59 Å². The van der Waals surface area contributed by atoms with Crippen LogP contribution in [-0.4, -0.2) is 35.4 Å². The number of benzene rings is 2. The Hall–Kier alpha value is -2.24. The Kier molecular flexibility index (Phi) is 9.20. The van der Waals surface area contributed by atoms with E-state index in [1.54, 1.807) is 25.1 Å². The standard InChI is InChI=1S/C24H30Cl2N2O3/c1-6-17(4)27-24(30)18(5)28(13-19-9-10-20(25)12-21(19)26)23(29)14-31-22-11-15(2)7-8-16(22)3/h7-12,17-18H,6,13-14H2,1-5H3,(H,27,30)/t17-,18-/m0/s1. The van der Waals surface area contributed by atoms with Crippen LogP contribution in [0.5, 0.6) is 5.75 Å². The number of nitrogens with one attached hydrogen (secondary N) is 1. The number of carbonyl (C=O) groups is 2. The normalized spacial score (nSPS) is 12.7. The van der Waals surface area contributed by atoms with Crippen molar-refractivity contribution in [1.29, 1.82) is 0 Å². The molecule has 0 heterocycles. The Bertz CT molecular complexity index is 933. The summed E-state index contributed by atoms with van der Waals surface area (Å²) in [6.45, 7) is 9.49. The van der Waals surface area contributed by atoms with Crippen molar-refractivity contribution in [3.63, 3.8) is 0 Å². The van der Waals surface area contributed by atoms with Gasteiger partial charge in [0.25, 0.3) is 5.91 Å². The molecule has 2 aromatic carbocycles. The van der Waals surface area contributed by atoms with Gasteiger partial charge in [0.05, 0.1) is 0 Å². The number of hydrogen-bond acceptors (Lipinski definition) is 3. The van der Waals surface area contributed by atoms with E-state index in [0.717, 1.165) is 17.5 Å². The number of ether oxygens (including phenoxy) is 1. The second-order valence-electron chi connectivity index (χ2n) is 7.81. The molecule has 2 rings (SSSR count). The predicted molar refractivity (Wildman–Crippen MR) is 126 cm³/mol. The summed E-state index contributed by atoms with van der Waals surface area (Å²) in [6, 6.07) is 10.2. The molecule has 0 aliphatic heterocycles. The molecule has 0 aliphatic rings. The van der Waals surface area contributed by atoms with E-state index < -0.39 is 6.04 Å². The average Bonchev–Trinajstić information content (AvgIpc) is 2.73. The van der Waals surface area contributed by atoms with Gasteiger partial charge in [0.2, 0.25) is 5.91 Å². The van der Waals surface area contributed by atoms with Crippen molar-refractivity contribution >= 4 is 35.0 Å². The van der Waals surface area contributed by atoms with Crippen molar-refractivity contribution in [3.8, 4) is 5.75 Å². The summed E-state index contributed by atoms with van der Waals surface area (Å²) in [5.74, 6) is 0.118. The van der Waals surface area contributed by atoms with E-state index >= 15 is 0 Å². The first-order valence-electron chi connectivity index (χ1n) is 10.4. The van der Waals surface area contributed by atoms with Crippen molar-refractivity contribution < 1.29 is 14.3 Å². The molecule has 0 aromatic heterocycles. The fourth-order valence-corrected chi connectivity index (χ4v) is 3.44. The van der Waals surface area contributed by atoms with E-state index in [9.17, 15) is 9.59 Å². The molecule has 1 N–H and O–H groups in total. The molecule has 0 spiro atoms. The Balaban J connectivity index is 2.23. The second kappa shape index (κ2) is 11.4. The maximum atomic E-state index is 13.1. The zero-order valence-electron chi connectivity index (χ0n) is 18.7. The maximum absolute atomic E-state index is 13.1. The molecule has 2 aromatic rings. The summed E-state index contributed by atoms with van der Waals surface area (Å²) in [5, 5.41) is 3.88. The van der Waals surface area contributed by atoms with Gasteiger partial charge in [-0.25, -0.2) is 0 Å². The Morgan fingerprint density at radius 3 is 2.45 bits per heavy atom. The van der Waals surface area contributed by atoms with Crippen LogP contribution in [0.4, 0.5) is 0 Å². The number of aryl methyl sites for hydroxylation is 2. The van der Waals surface area contributed by atoms with Gasteiger partial charge in [-0.1, -0.05) is 48.3 Å². The van der Waals surface area contributed by atoms with Gasteiger partial charge >= 0.3 is 0 Å². The third-order valence-electron chi connectivity index (χ3n) is 5.22. The number of nitrogens with zero attached hydrogens (tertiary/aromatic N) is 1. The lowest BCUT2D eigenvalue weighted by molar-refractivity contribution is -0.142. The summed E-state index contributed by atoms with van der Waals surface area (Å²) in [6.07, 6.45) is 0.797. The van der Waals surface area contributed by atoms with Crippen LogP contribution < -0.4 is 10.1 Å². The van der Waals surface area contributed by atoms with Crippen LogP contribution in [-0.2, 0) is 16.1 Å². The molecule has 2 amide bonds. The smallest absolute Gasteiger partial charge is 0.261 e. The Labute approximate surface area is 194 Å². The summed E-state index contributed by atoms with van der Waals surface area (Å²) in [4.78, 5) is 27.4. The minimum atomic E-state index is -0.699. The van der Waals surface area contributed by atoms with E-state index in [2.05, 4.69) is 5.32 Å². The molecule has 0 radical (unpaired) electrons. The van der Waals surface area contributed by atoms with Crippen LogP contribution in [0, 0.1) is 13.8 Å². The third kappa shape index (κ3) is 7.15. The molecule has 0 saturated carbocycles. The zero-order valence-corrected chi connectivity index (χ0v) is 20.2. The highest BCUT2D eigenvalue weighted by atomic mass is 35.5. The Morgan fingerprint density at radius 2 is 1.81 bits per heavy atom. The van der Waals surface area contributed by atoms with E-state index in [1.807, 2.05) is 45.9 Å². The molecule has 0 saturated heterocycles. The molecule has 7 heteroatoms. The monoisotopic (exact) mass is 464 g/mol. The molecule has 2 atom stereocenters. The van der Waals surface area contributed by atoms with Crippen molar-refractivity contribution in [2.45, 2.75) is 59.7 Å². The fourth-order valence-electron chi connectivity index (χ4n) is 2.97. The Morgan fingerprint density at radius 1 is 1.10 bits per heavy atom. The van der Waals surface area contributed by atoms with Gasteiger partial charge in [-0.05, 0) is 69.0 Å². The topological polar surface area (TPSA) is 58.6 Å². The van der Waals surface area contributed by atoms with Crippen LogP contribution in [0.25, 0.3) is 0 Å². The molecule has 31 heavy (non-hydrogen) atoms. The molecular weight excluding hydrogens is 435 g/mol. The lowest BCUT2D eigenvalue weighted by Crippen LogP contribution is -2.50. The minimum absolute atomic E-state index is 0.0113. The number of carbonyl (C=O) groups excluding carboxylic acids is 2. The molecule has 5 nitrogen and oxygen atoms in total. The predicted octanol–water partition coefficient (Wildman–Crippen LogP) is 5.32. The lowest BCUT2D eigenvalue weighted by atomic mass is 10.1. The van der Waals surface area contributed by atoms with Crippen molar-refractivity contribution in [2.75, 3.05) is 6.61 Å². The van der Waals surface area contributed by atoms with Crippen LogP contribution in [0.1, 0.15) is 43.9 Å². The van der Waals surface area contributed by atoms with E-state index in [-0.39, 0.29) is 31.0 Å². The van der Waals surface area contributed by atoms with Gasteiger partial charge in [-0.15, -0.1) is 0 Å². The molecule has 0 bridgehead atoms. The quantitative estimate of drug-likeness (QED) is 0.545. The van der Waals surface area contributed by atoms with Crippen molar-refractivity contribution in [2.24, 2.45) is 0 Å². The van der Waals surface area contributed by atoms with Crippen LogP contribution in [0.2, 0.25) is 10.0 Å². The number of amides is 2.